The smallest absolute Gasteiger partial charge is 0.251 e. The number of amides is 1. The normalized spacial score (nSPS) is 9.87. The fourth-order valence-electron chi connectivity index (χ4n) is 1.25. The van der Waals surface area contributed by atoms with Gasteiger partial charge in [0.1, 0.15) is 0 Å². The fourth-order valence-corrected chi connectivity index (χ4v) is 1.25. The van der Waals surface area contributed by atoms with E-state index in [0.29, 0.717) is 12.1 Å². The lowest BCUT2D eigenvalue weighted by molar-refractivity contribution is 0.0951. The van der Waals surface area contributed by atoms with Gasteiger partial charge in [-0.2, -0.15) is 5.10 Å². The standard InChI is InChI=1S/C11H11N3O/c15-11(10-4-2-1-3-5-10)12-6-9-7-13-14-8-9/h1-5,7-8H,6H2,(H,12,15)(H,13,14). The highest BCUT2D eigenvalue weighted by molar-refractivity contribution is 5.94. The van der Waals surface area contributed by atoms with Crippen molar-refractivity contribution in [1.29, 1.82) is 0 Å². The Morgan fingerprint density at radius 3 is 2.80 bits per heavy atom. The third-order valence-electron chi connectivity index (χ3n) is 2.04. The van der Waals surface area contributed by atoms with Crippen LogP contribution in [0.2, 0.25) is 0 Å². The summed E-state index contributed by atoms with van der Waals surface area (Å²) in [7, 11) is 0. The number of aromatic nitrogens is 2. The highest BCUT2D eigenvalue weighted by Gasteiger charge is 2.03. The van der Waals surface area contributed by atoms with Crippen LogP contribution in [0.5, 0.6) is 0 Å². The molecule has 0 fully saturated rings. The topological polar surface area (TPSA) is 57.8 Å². The van der Waals surface area contributed by atoms with E-state index in [-0.39, 0.29) is 5.91 Å². The summed E-state index contributed by atoms with van der Waals surface area (Å²) < 4.78 is 0. The van der Waals surface area contributed by atoms with E-state index in [1.54, 1.807) is 24.5 Å². The first-order valence-electron chi connectivity index (χ1n) is 4.67. The summed E-state index contributed by atoms with van der Waals surface area (Å²) in [5.74, 6) is -0.0724. The third-order valence-corrected chi connectivity index (χ3v) is 2.04. The Hall–Kier alpha value is -2.10. The van der Waals surface area contributed by atoms with Crippen molar-refractivity contribution in [2.24, 2.45) is 0 Å². The number of nitrogens with zero attached hydrogens (tertiary/aromatic N) is 1. The molecule has 1 aromatic carbocycles. The molecule has 76 valence electrons. The summed E-state index contributed by atoms with van der Waals surface area (Å²) in [6, 6.07) is 9.13. The predicted octanol–water partition coefficient (Wildman–Crippen LogP) is 1.34. The van der Waals surface area contributed by atoms with Gasteiger partial charge in [-0.15, -0.1) is 0 Å². The minimum atomic E-state index is -0.0724. The Bertz CT molecular complexity index is 422. The van der Waals surface area contributed by atoms with E-state index >= 15 is 0 Å². The molecule has 0 aliphatic rings. The minimum Gasteiger partial charge on any atom is -0.348 e. The number of hydrogen-bond acceptors (Lipinski definition) is 2. The predicted molar refractivity (Wildman–Crippen MR) is 56.2 cm³/mol. The summed E-state index contributed by atoms with van der Waals surface area (Å²) in [5, 5.41) is 9.29. The molecule has 0 saturated heterocycles. The first-order valence-corrected chi connectivity index (χ1v) is 4.67. The lowest BCUT2D eigenvalue weighted by Crippen LogP contribution is -2.22. The van der Waals surface area contributed by atoms with Gasteiger partial charge in [0, 0.05) is 23.9 Å². The second-order valence-electron chi connectivity index (χ2n) is 3.16. The Balaban J connectivity index is 1.94. The van der Waals surface area contributed by atoms with Gasteiger partial charge in [-0.25, -0.2) is 0 Å². The van der Waals surface area contributed by atoms with Gasteiger partial charge in [0.05, 0.1) is 6.20 Å². The lowest BCUT2D eigenvalue weighted by atomic mass is 10.2. The van der Waals surface area contributed by atoms with Gasteiger partial charge in [-0.05, 0) is 12.1 Å². The minimum absolute atomic E-state index is 0.0724. The molecule has 0 atom stereocenters. The Kier molecular flexibility index (Phi) is 2.78. The molecule has 4 heteroatoms. The van der Waals surface area contributed by atoms with E-state index < -0.39 is 0 Å². The maximum Gasteiger partial charge on any atom is 0.251 e. The maximum atomic E-state index is 11.6. The number of H-pyrrole nitrogens is 1. The zero-order chi connectivity index (χ0) is 10.5. The van der Waals surface area contributed by atoms with E-state index in [9.17, 15) is 4.79 Å². The van der Waals surface area contributed by atoms with E-state index in [1.165, 1.54) is 0 Å². The van der Waals surface area contributed by atoms with Gasteiger partial charge >= 0.3 is 0 Å². The van der Waals surface area contributed by atoms with Crippen LogP contribution < -0.4 is 5.32 Å². The monoisotopic (exact) mass is 201 g/mol. The Labute approximate surface area is 87.3 Å². The highest BCUT2D eigenvalue weighted by Crippen LogP contribution is 1.99. The molecule has 0 aliphatic carbocycles. The van der Waals surface area contributed by atoms with Crippen LogP contribution in [0.3, 0.4) is 0 Å². The van der Waals surface area contributed by atoms with Crippen LogP contribution in [-0.4, -0.2) is 16.1 Å². The number of rotatable bonds is 3. The number of aromatic amines is 1. The SMILES string of the molecule is O=C(NCc1cn[nH]c1)c1ccccc1. The van der Waals surface area contributed by atoms with Crippen LogP contribution in [0.25, 0.3) is 0 Å². The van der Waals surface area contributed by atoms with Crippen molar-refractivity contribution in [1.82, 2.24) is 15.5 Å². The first kappa shape index (κ1) is 9.45. The average Bonchev–Trinajstić information content (AvgIpc) is 2.80. The van der Waals surface area contributed by atoms with Crippen molar-refractivity contribution in [3.63, 3.8) is 0 Å². The molecular weight excluding hydrogens is 190 g/mol. The van der Waals surface area contributed by atoms with E-state index in [4.69, 9.17) is 0 Å². The summed E-state index contributed by atoms with van der Waals surface area (Å²) in [4.78, 5) is 11.6. The van der Waals surface area contributed by atoms with Crippen LogP contribution in [0.4, 0.5) is 0 Å². The molecule has 1 aromatic heterocycles. The number of benzene rings is 1. The summed E-state index contributed by atoms with van der Waals surface area (Å²) in [5.41, 5.74) is 1.63. The molecule has 0 saturated carbocycles. The molecule has 2 aromatic rings. The summed E-state index contributed by atoms with van der Waals surface area (Å²) >= 11 is 0. The summed E-state index contributed by atoms with van der Waals surface area (Å²) in [6.07, 6.45) is 3.44. The number of hydrogen-bond donors (Lipinski definition) is 2. The third kappa shape index (κ3) is 2.43. The van der Waals surface area contributed by atoms with Crippen LogP contribution in [0.15, 0.2) is 42.7 Å². The van der Waals surface area contributed by atoms with Gasteiger partial charge in [0.25, 0.3) is 5.91 Å². The van der Waals surface area contributed by atoms with Gasteiger partial charge < -0.3 is 5.32 Å². The van der Waals surface area contributed by atoms with E-state index in [2.05, 4.69) is 15.5 Å². The van der Waals surface area contributed by atoms with Crippen molar-refractivity contribution in [2.75, 3.05) is 0 Å². The maximum absolute atomic E-state index is 11.6. The molecule has 1 heterocycles. The van der Waals surface area contributed by atoms with Crippen LogP contribution in [0, 0.1) is 0 Å². The first-order chi connectivity index (χ1) is 7.36. The molecule has 15 heavy (non-hydrogen) atoms. The molecule has 0 bridgehead atoms. The van der Waals surface area contributed by atoms with Crippen molar-refractivity contribution >= 4 is 5.91 Å². The van der Waals surface area contributed by atoms with Gasteiger partial charge in [-0.3, -0.25) is 9.89 Å². The van der Waals surface area contributed by atoms with Crippen molar-refractivity contribution in [3.05, 3.63) is 53.9 Å². The molecule has 4 nitrogen and oxygen atoms in total. The van der Waals surface area contributed by atoms with Gasteiger partial charge in [-0.1, -0.05) is 18.2 Å². The van der Waals surface area contributed by atoms with Gasteiger partial charge in [0.15, 0.2) is 0 Å². The summed E-state index contributed by atoms with van der Waals surface area (Å²) in [6.45, 7) is 0.490. The van der Waals surface area contributed by atoms with E-state index in [1.807, 2.05) is 18.2 Å². The Morgan fingerprint density at radius 1 is 1.33 bits per heavy atom. The molecule has 2 N–H and O–H groups in total. The molecular formula is C11H11N3O. The molecule has 2 rings (SSSR count). The average molecular weight is 201 g/mol. The zero-order valence-electron chi connectivity index (χ0n) is 8.10. The zero-order valence-corrected chi connectivity index (χ0v) is 8.10. The largest absolute Gasteiger partial charge is 0.348 e. The lowest BCUT2D eigenvalue weighted by Gasteiger charge is -2.02. The molecule has 0 aliphatic heterocycles. The van der Waals surface area contributed by atoms with Crippen molar-refractivity contribution < 1.29 is 4.79 Å². The Morgan fingerprint density at radius 2 is 2.13 bits per heavy atom. The fraction of sp³-hybridized carbons (Fsp3) is 0.0909. The number of carbonyl (C=O) groups excluding carboxylic acids is 1. The second kappa shape index (κ2) is 4.41. The molecule has 0 unspecified atom stereocenters. The molecule has 0 radical (unpaired) electrons. The number of nitrogens with one attached hydrogen (secondary N) is 2. The van der Waals surface area contributed by atoms with Gasteiger partial charge in [0.2, 0.25) is 0 Å². The highest BCUT2D eigenvalue weighted by atomic mass is 16.1. The molecule has 0 spiro atoms. The van der Waals surface area contributed by atoms with Crippen molar-refractivity contribution in [3.8, 4) is 0 Å². The second-order valence-corrected chi connectivity index (χ2v) is 3.16. The molecule has 1 amide bonds. The van der Waals surface area contributed by atoms with Crippen molar-refractivity contribution in [2.45, 2.75) is 6.54 Å². The van der Waals surface area contributed by atoms with Crippen LogP contribution >= 0.6 is 0 Å². The van der Waals surface area contributed by atoms with E-state index in [0.717, 1.165) is 5.56 Å². The quantitative estimate of drug-likeness (QED) is 0.787. The van der Waals surface area contributed by atoms with Crippen LogP contribution in [-0.2, 0) is 6.54 Å². The number of carbonyl (C=O) groups is 1. The van der Waals surface area contributed by atoms with Crippen LogP contribution in [0.1, 0.15) is 15.9 Å².